The molecule has 0 amide bonds. The molecule has 1 saturated carbocycles. The Labute approximate surface area is 104 Å². The fraction of sp³-hybridized carbons (Fsp3) is 0.917. The van der Waals surface area contributed by atoms with E-state index in [1.165, 1.54) is 19.3 Å². The normalized spacial score (nSPS) is 22.3. The van der Waals surface area contributed by atoms with Gasteiger partial charge in [0, 0.05) is 18.6 Å². The molecule has 0 aromatic rings. The number of nitrogens with zero attached hydrogens (tertiary/aromatic N) is 2. The van der Waals surface area contributed by atoms with Gasteiger partial charge in [0.25, 0.3) is 0 Å². The largest absolute Gasteiger partial charge is 0.480 e. The average Bonchev–Trinajstić information content (AvgIpc) is 2.09. The molecule has 17 heavy (non-hydrogen) atoms. The minimum absolute atomic E-state index is 0.212. The lowest BCUT2D eigenvalue weighted by atomic mass is 9.75. The van der Waals surface area contributed by atoms with Crippen LogP contribution in [0.4, 0.5) is 0 Å². The monoisotopic (exact) mass is 243 g/mol. The minimum atomic E-state index is -1.17. The van der Waals surface area contributed by atoms with Crippen molar-refractivity contribution in [2.45, 2.75) is 37.3 Å². The maximum atomic E-state index is 11.0. The third-order valence-corrected chi connectivity index (χ3v) is 3.88. The summed E-state index contributed by atoms with van der Waals surface area (Å²) in [7, 11) is 6.12. The van der Waals surface area contributed by atoms with E-state index in [4.69, 9.17) is 10.8 Å². The third kappa shape index (κ3) is 3.18. The van der Waals surface area contributed by atoms with Crippen molar-refractivity contribution in [1.29, 1.82) is 0 Å². The summed E-state index contributed by atoms with van der Waals surface area (Å²) in [5, 5.41) is 9.01. The van der Waals surface area contributed by atoms with Gasteiger partial charge in [-0.15, -0.1) is 0 Å². The highest BCUT2D eigenvalue weighted by Gasteiger charge is 2.41. The van der Waals surface area contributed by atoms with Crippen LogP contribution < -0.4 is 5.73 Å². The van der Waals surface area contributed by atoms with Gasteiger partial charge in [-0.1, -0.05) is 0 Å². The van der Waals surface area contributed by atoms with Crippen molar-refractivity contribution in [3.05, 3.63) is 0 Å². The van der Waals surface area contributed by atoms with Crippen LogP contribution in [0.5, 0.6) is 0 Å². The second kappa shape index (κ2) is 4.92. The predicted octanol–water partition coefficient (Wildman–Crippen LogP) is 0.205. The molecule has 1 aliphatic carbocycles. The van der Waals surface area contributed by atoms with Gasteiger partial charge in [0.05, 0.1) is 0 Å². The van der Waals surface area contributed by atoms with Gasteiger partial charge in [-0.05, 0) is 47.3 Å². The number of carboxylic acid groups (broad SMARTS) is 1. The molecule has 1 aliphatic rings. The molecule has 3 N–H and O–H groups in total. The van der Waals surface area contributed by atoms with Crippen LogP contribution in [-0.4, -0.2) is 66.2 Å². The van der Waals surface area contributed by atoms with E-state index in [1.807, 2.05) is 11.9 Å². The summed E-state index contributed by atoms with van der Waals surface area (Å²) in [6, 6.07) is 0. The molecule has 5 heteroatoms. The Balaban J connectivity index is 2.55. The Bertz CT molecular complexity index is 285. The van der Waals surface area contributed by atoms with Crippen LogP contribution in [0.15, 0.2) is 0 Å². The maximum absolute atomic E-state index is 11.0. The van der Waals surface area contributed by atoms with Crippen molar-refractivity contribution in [1.82, 2.24) is 9.80 Å². The molecule has 0 spiro atoms. The van der Waals surface area contributed by atoms with E-state index in [1.54, 1.807) is 6.92 Å². The van der Waals surface area contributed by atoms with E-state index < -0.39 is 11.5 Å². The van der Waals surface area contributed by atoms with Crippen molar-refractivity contribution >= 4 is 5.97 Å². The average molecular weight is 243 g/mol. The van der Waals surface area contributed by atoms with Crippen LogP contribution in [-0.2, 0) is 4.79 Å². The molecule has 0 bridgehead atoms. The first-order valence-corrected chi connectivity index (χ1v) is 6.08. The van der Waals surface area contributed by atoms with Gasteiger partial charge >= 0.3 is 5.97 Å². The Hall–Kier alpha value is -0.650. The summed E-state index contributed by atoms with van der Waals surface area (Å²) in [5.74, 6) is -0.947. The van der Waals surface area contributed by atoms with Gasteiger partial charge in [0.1, 0.15) is 5.54 Å². The van der Waals surface area contributed by atoms with Crippen LogP contribution in [0.1, 0.15) is 26.2 Å². The Morgan fingerprint density at radius 2 is 1.94 bits per heavy atom. The van der Waals surface area contributed by atoms with Crippen molar-refractivity contribution in [3.8, 4) is 0 Å². The number of hydrogen-bond donors (Lipinski definition) is 2. The van der Waals surface area contributed by atoms with Crippen molar-refractivity contribution in [2.24, 2.45) is 5.73 Å². The maximum Gasteiger partial charge on any atom is 0.324 e. The Kier molecular flexibility index (Phi) is 4.17. The van der Waals surface area contributed by atoms with E-state index in [0.717, 1.165) is 6.54 Å². The number of rotatable bonds is 6. The predicted molar refractivity (Wildman–Crippen MR) is 68.0 cm³/mol. The fourth-order valence-electron chi connectivity index (χ4n) is 2.52. The highest BCUT2D eigenvalue weighted by molar-refractivity contribution is 5.78. The molecule has 0 aromatic carbocycles. The molecule has 100 valence electrons. The number of hydrogen-bond acceptors (Lipinski definition) is 4. The van der Waals surface area contributed by atoms with E-state index in [9.17, 15) is 4.79 Å². The summed E-state index contributed by atoms with van der Waals surface area (Å²) in [4.78, 5) is 15.3. The topological polar surface area (TPSA) is 69.8 Å². The van der Waals surface area contributed by atoms with Crippen molar-refractivity contribution < 1.29 is 9.90 Å². The lowest BCUT2D eigenvalue weighted by molar-refractivity contribution is -0.143. The highest BCUT2D eigenvalue weighted by atomic mass is 16.4. The number of nitrogens with two attached hydrogens (primary N) is 1. The van der Waals surface area contributed by atoms with Gasteiger partial charge < -0.3 is 20.6 Å². The summed E-state index contributed by atoms with van der Waals surface area (Å²) < 4.78 is 0. The van der Waals surface area contributed by atoms with Gasteiger partial charge in [-0.2, -0.15) is 0 Å². The lowest BCUT2D eigenvalue weighted by Crippen LogP contribution is -2.60. The van der Waals surface area contributed by atoms with E-state index in [2.05, 4.69) is 19.0 Å². The summed E-state index contributed by atoms with van der Waals surface area (Å²) in [6.07, 6.45) is 3.61. The lowest BCUT2D eigenvalue weighted by Gasteiger charge is -2.49. The minimum Gasteiger partial charge on any atom is -0.480 e. The van der Waals surface area contributed by atoms with Gasteiger partial charge in [0.15, 0.2) is 0 Å². The molecule has 1 atom stereocenters. The molecular weight excluding hydrogens is 218 g/mol. The standard InChI is InChI=1S/C12H25N3O2/c1-11(13,10(16)17)8-15(4)9-12(14(2)3)6-5-7-12/h5-9,13H2,1-4H3,(H,16,17). The molecule has 1 unspecified atom stereocenters. The fourth-order valence-corrected chi connectivity index (χ4v) is 2.52. The number of likely N-dealkylation sites (N-methyl/N-ethyl adjacent to an activating group) is 2. The van der Waals surface area contributed by atoms with E-state index in [0.29, 0.717) is 6.54 Å². The Morgan fingerprint density at radius 3 is 2.24 bits per heavy atom. The SMILES string of the molecule is CN(CC(C)(N)C(=O)O)CC1(N(C)C)CCC1. The molecule has 0 radical (unpaired) electrons. The molecule has 1 rings (SSSR count). The molecule has 1 fully saturated rings. The quantitative estimate of drug-likeness (QED) is 0.697. The first-order chi connectivity index (χ1) is 7.69. The van der Waals surface area contributed by atoms with Crippen molar-refractivity contribution in [2.75, 3.05) is 34.2 Å². The second-order valence-electron chi connectivity index (χ2n) is 5.87. The van der Waals surface area contributed by atoms with Crippen LogP contribution in [0.3, 0.4) is 0 Å². The summed E-state index contributed by atoms with van der Waals surface area (Å²) in [5.41, 5.74) is 4.80. The molecule has 0 aromatic heterocycles. The molecule has 0 heterocycles. The zero-order chi connectivity index (χ0) is 13.3. The number of carboxylic acids is 1. The van der Waals surface area contributed by atoms with Crippen LogP contribution in [0, 0.1) is 0 Å². The highest BCUT2D eigenvalue weighted by Crippen LogP contribution is 2.36. The molecule has 0 saturated heterocycles. The summed E-state index contributed by atoms with van der Waals surface area (Å²) in [6.45, 7) is 2.81. The Morgan fingerprint density at radius 1 is 1.41 bits per heavy atom. The van der Waals surface area contributed by atoms with Gasteiger partial charge in [-0.3, -0.25) is 4.79 Å². The summed E-state index contributed by atoms with van der Waals surface area (Å²) >= 11 is 0. The molecule has 0 aliphatic heterocycles. The first-order valence-electron chi connectivity index (χ1n) is 6.08. The van der Waals surface area contributed by atoms with Crippen LogP contribution >= 0.6 is 0 Å². The van der Waals surface area contributed by atoms with Crippen molar-refractivity contribution in [3.63, 3.8) is 0 Å². The molecular formula is C12H25N3O2. The van der Waals surface area contributed by atoms with Crippen LogP contribution in [0.2, 0.25) is 0 Å². The van der Waals surface area contributed by atoms with Gasteiger partial charge in [0.2, 0.25) is 0 Å². The van der Waals surface area contributed by atoms with Gasteiger partial charge in [-0.25, -0.2) is 0 Å². The van der Waals surface area contributed by atoms with Crippen LogP contribution in [0.25, 0.3) is 0 Å². The first kappa shape index (κ1) is 14.4. The third-order valence-electron chi connectivity index (χ3n) is 3.88. The number of carbonyl (C=O) groups is 1. The van der Waals surface area contributed by atoms with E-state index >= 15 is 0 Å². The van der Waals surface area contributed by atoms with E-state index in [-0.39, 0.29) is 5.54 Å². The zero-order valence-corrected chi connectivity index (χ0v) is 11.4. The molecule has 5 nitrogen and oxygen atoms in total. The second-order valence-corrected chi connectivity index (χ2v) is 5.87. The zero-order valence-electron chi connectivity index (χ0n) is 11.4. The smallest absolute Gasteiger partial charge is 0.324 e. The number of aliphatic carboxylic acids is 1.